The summed E-state index contributed by atoms with van der Waals surface area (Å²) in [5.74, 6) is -1.31. The monoisotopic (exact) mass is 216 g/mol. The number of carboxylic acids is 1. The number of aliphatic carboxylic acids is 1. The summed E-state index contributed by atoms with van der Waals surface area (Å²) in [5.41, 5.74) is 3.90. The number of carboxylic acid groups (broad SMARTS) is 1. The third kappa shape index (κ3) is 1.27. The van der Waals surface area contributed by atoms with Crippen molar-refractivity contribution in [3.05, 3.63) is 35.1 Å². The van der Waals surface area contributed by atoms with E-state index < -0.39 is 11.9 Å². The Balaban J connectivity index is 2.10. The predicted molar refractivity (Wildman–Crippen MR) is 60.3 cm³/mol. The second kappa shape index (κ2) is 3.42. The van der Waals surface area contributed by atoms with Crippen LogP contribution in [-0.4, -0.2) is 29.9 Å². The largest absolute Gasteiger partial charge is 0.481 e. The molecule has 0 saturated carbocycles. The van der Waals surface area contributed by atoms with E-state index in [4.69, 9.17) is 0 Å². The van der Waals surface area contributed by atoms with Crippen LogP contribution < -0.4 is 5.32 Å². The number of aliphatic imine (C=N–C) groups is 1. The molecule has 0 spiro atoms. The smallest absolute Gasteiger partial charge is 0.314 e. The van der Waals surface area contributed by atoms with Gasteiger partial charge in [-0.2, -0.15) is 0 Å². The highest BCUT2D eigenvalue weighted by Crippen LogP contribution is 2.37. The molecule has 1 aliphatic carbocycles. The van der Waals surface area contributed by atoms with Crippen molar-refractivity contribution in [1.29, 1.82) is 0 Å². The number of nitrogens with one attached hydrogen (secondary N) is 1. The van der Waals surface area contributed by atoms with E-state index in [9.17, 15) is 9.90 Å². The van der Waals surface area contributed by atoms with Crippen molar-refractivity contribution < 1.29 is 9.90 Å². The minimum absolute atomic E-state index is 0.519. The molecule has 2 N–H and O–H groups in total. The zero-order chi connectivity index (χ0) is 11.1. The fraction of sp³-hybridized carbons (Fsp3) is 0.333. The third-order valence-corrected chi connectivity index (χ3v) is 3.18. The van der Waals surface area contributed by atoms with E-state index in [1.54, 1.807) is 12.2 Å². The highest BCUT2D eigenvalue weighted by atomic mass is 16.4. The van der Waals surface area contributed by atoms with E-state index in [1.807, 2.05) is 6.08 Å². The van der Waals surface area contributed by atoms with Crippen LogP contribution in [0.5, 0.6) is 0 Å². The Morgan fingerprint density at radius 2 is 2.44 bits per heavy atom. The molecule has 4 nitrogen and oxygen atoms in total. The van der Waals surface area contributed by atoms with Crippen LogP contribution in [0.25, 0.3) is 0 Å². The van der Waals surface area contributed by atoms with Crippen LogP contribution in [0.4, 0.5) is 0 Å². The Kier molecular flexibility index (Phi) is 2.04. The van der Waals surface area contributed by atoms with Gasteiger partial charge in [0.15, 0.2) is 0 Å². The number of hydrogen-bond acceptors (Lipinski definition) is 3. The van der Waals surface area contributed by atoms with Crippen LogP contribution in [0.15, 0.2) is 40.1 Å². The van der Waals surface area contributed by atoms with Crippen molar-refractivity contribution in [2.75, 3.05) is 13.1 Å². The van der Waals surface area contributed by atoms with Crippen LogP contribution in [-0.2, 0) is 4.79 Å². The summed E-state index contributed by atoms with van der Waals surface area (Å²) in [6.07, 6.45) is 6.29. The molecule has 3 aliphatic rings. The second-order valence-electron chi connectivity index (χ2n) is 4.13. The molecule has 3 rings (SSSR count). The molecule has 16 heavy (non-hydrogen) atoms. The minimum atomic E-state index is -0.792. The SMILES string of the molecule is O=C(O)C1C=CC=C2N=C3CNCCC3=C21. The van der Waals surface area contributed by atoms with Crippen molar-refractivity contribution in [3.63, 3.8) is 0 Å². The lowest BCUT2D eigenvalue weighted by atomic mass is 9.87. The average molecular weight is 216 g/mol. The maximum Gasteiger partial charge on any atom is 0.314 e. The molecule has 82 valence electrons. The molecule has 4 heteroatoms. The molecule has 0 aromatic carbocycles. The van der Waals surface area contributed by atoms with Gasteiger partial charge in [0.1, 0.15) is 5.92 Å². The summed E-state index contributed by atoms with van der Waals surface area (Å²) in [6.45, 7) is 1.66. The van der Waals surface area contributed by atoms with Gasteiger partial charge in [-0.3, -0.25) is 9.79 Å². The number of nitrogens with zero attached hydrogens (tertiary/aromatic N) is 1. The first kappa shape index (κ1) is 9.54. The first-order valence-electron chi connectivity index (χ1n) is 5.41. The average Bonchev–Trinajstić information content (AvgIpc) is 2.66. The Labute approximate surface area is 93.1 Å². The number of allylic oxidation sites excluding steroid dienone is 3. The van der Waals surface area contributed by atoms with E-state index in [0.717, 1.165) is 42.1 Å². The quantitative estimate of drug-likeness (QED) is 0.684. The maximum absolute atomic E-state index is 11.2. The summed E-state index contributed by atoms with van der Waals surface area (Å²) in [5, 5.41) is 12.4. The van der Waals surface area contributed by atoms with Gasteiger partial charge in [0.2, 0.25) is 0 Å². The first-order chi connectivity index (χ1) is 7.77. The van der Waals surface area contributed by atoms with Crippen molar-refractivity contribution in [2.24, 2.45) is 10.9 Å². The topological polar surface area (TPSA) is 61.7 Å². The Hall–Kier alpha value is -1.68. The van der Waals surface area contributed by atoms with E-state index >= 15 is 0 Å². The van der Waals surface area contributed by atoms with Crippen molar-refractivity contribution in [1.82, 2.24) is 5.32 Å². The zero-order valence-electron chi connectivity index (χ0n) is 8.73. The number of fused-ring (bicyclic) bond motifs is 2. The standard InChI is InChI=1S/C12H12N2O2/c15-12(16)8-2-1-3-9-11(8)7-4-5-13-6-10(7)14-9/h1-3,8,13H,4-6H2,(H,15,16). The van der Waals surface area contributed by atoms with Gasteiger partial charge in [0, 0.05) is 12.1 Å². The molecule has 0 aromatic heterocycles. The summed E-state index contributed by atoms with van der Waals surface area (Å²) in [7, 11) is 0. The third-order valence-electron chi connectivity index (χ3n) is 3.18. The van der Waals surface area contributed by atoms with Gasteiger partial charge in [-0.1, -0.05) is 12.2 Å². The van der Waals surface area contributed by atoms with Gasteiger partial charge in [-0.15, -0.1) is 0 Å². The highest BCUT2D eigenvalue weighted by molar-refractivity contribution is 6.08. The molecule has 2 aliphatic heterocycles. The summed E-state index contributed by atoms with van der Waals surface area (Å²) in [4.78, 5) is 15.7. The fourth-order valence-corrected chi connectivity index (χ4v) is 2.46. The molecule has 2 heterocycles. The number of rotatable bonds is 1. The van der Waals surface area contributed by atoms with Gasteiger partial charge in [0.25, 0.3) is 0 Å². The highest BCUT2D eigenvalue weighted by Gasteiger charge is 2.33. The molecular weight excluding hydrogens is 204 g/mol. The van der Waals surface area contributed by atoms with E-state index in [-0.39, 0.29) is 0 Å². The first-order valence-corrected chi connectivity index (χ1v) is 5.41. The van der Waals surface area contributed by atoms with E-state index in [1.165, 1.54) is 0 Å². The molecule has 1 unspecified atom stereocenters. The Morgan fingerprint density at radius 1 is 1.56 bits per heavy atom. The Morgan fingerprint density at radius 3 is 3.25 bits per heavy atom. The van der Waals surface area contributed by atoms with Crippen molar-refractivity contribution in [2.45, 2.75) is 6.42 Å². The normalized spacial score (nSPS) is 27.1. The van der Waals surface area contributed by atoms with Crippen LogP contribution in [0.2, 0.25) is 0 Å². The molecule has 1 fully saturated rings. The minimum Gasteiger partial charge on any atom is -0.481 e. The van der Waals surface area contributed by atoms with Gasteiger partial charge in [0.05, 0.1) is 11.4 Å². The van der Waals surface area contributed by atoms with Crippen LogP contribution in [0.1, 0.15) is 6.42 Å². The molecule has 0 radical (unpaired) electrons. The molecule has 0 bridgehead atoms. The molecular formula is C12H12N2O2. The van der Waals surface area contributed by atoms with Crippen molar-refractivity contribution in [3.8, 4) is 0 Å². The van der Waals surface area contributed by atoms with E-state index in [2.05, 4.69) is 10.3 Å². The van der Waals surface area contributed by atoms with Crippen LogP contribution in [0, 0.1) is 5.92 Å². The summed E-state index contributed by atoms with van der Waals surface area (Å²) in [6, 6.07) is 0. The van der Waals surface area contributed by atoms with Gasteiger partial charge >= 0.3 is 5.97 Å². The maximum atomic E-state index is 11.2. The lowest BCUT2D eigenvalue weighted by Crippen LogP contribution is -2.31. The summed E-state index contributed by atoms with van der Waals surface area (Å²) >= 11 is 0. The van der Waals surface area contributed by atoms with Crippen LogP contribution >= 0.6 is 0 Å². The fourth-order valence-electron chi connectivity index (χ4n) is 2.46. The zero-order valence-corrected chi connectivity index (χ0v) is 8.73. The molecule has 0 aromatic rings. The predicted octanol–water partition coefficient (Wildman–Crippen LogP) is 0.885. The van der Waals surface area contributed by atoms with Gasteiger partial charge < -0.3 is 10.4 Å². The van der Waals surface area contributed by atoms with Crippen LogP contribution in [0.3, 0.4) is 0 Å². The summed E-state index contributed by atoms with van der Waals surface area (Å²) < 4.78 is 0. The molecule has 0 amide bonds. The van der Waals surface area contributed by atoms with E-state index in [0.29, 0.717) is 0 Å². The lowest BCUT2D eigenvalue weighted by molar-refractivity contribution is -0.138. The van der Waals surface area contributed by atoms with Gasteiger partial charge in [-0.05, 0) is 24.6 Å². The number of hydrogen-bond donors (Lipinski definition) is 2. The number of piperidine rings is 1. The lowest BCUT2D eigenvalue weighted by Gasteiger charge is -2.19. The number of carbonyl (C=O) groups is 1. The molecule has 1 saturated heterocycles. The second-order valence-corrected chi connectivity index (χ2v) is 4.13. The molecule has 1 atom stereocenters. The Bertz CT molecular complexity index is 483. The van der Waals surface area contributed by atoms with Crippen molar-refractivity contribution >= 4 is 11.7 Å². The van der Waals surface area contributed by atoms with Gasteiger partial charge in [-0.25, -0.2) is 0 Å².